The zero-order chi connectivity index (χ0) is 21.4. The van der Waals surface area contributed by atoms with Gasteiger partial charge >= 0.3 is 0 Å². The number of thioether (sulfide) groups is 1. The minimum absolute atomic E-state index is 0.0414. The average molecular weight is 437 g/mol. The van der Waals surface area contributed by atoms with Crippen LogP contribution in [0.3, 0.4) is 0 Å². The molecule has 0 aliphatic rings. The first kappa shape index (κ1) is 23.2. The fourth-order valence-electron chi connectivity index (χ4n) is 2.72. The molecule has 1 atom stereocenters. The van der Waals surface area contributed by atoms with Gasteiger partial charge in [0.05, 0.1) is 5.75 Å². The third kappa shape index (κ3) is 7.37. The minimum atomic E-state index is -0.708. The van der Waals surface area contributed by atoms with Gasteiger partial charge < -0.3 is 10.2 Å². The van der Waals surface area contributed by atoms with Crippen molar-refractivity contribution in [2.45, 2.75) is 45.2 Å². The molecule has 2 amide bonds. The average Bonchev–Trinajstić information content (AvgIpc) is 2.67. The molecule has 0 spiro atoms. The quantitative estimate of drug-likeness (QED) is 0.622. The summed E-state index contributed by atoms with van der Waals surface area (Å²) in [5.41, 5.74) is 1.44. The molecule has 0 aromatic heterocycles. The van der Waals surface area contributed by atoms with Gasteiger partial charge in [-0.15, -0.1) is 11.8 Å². The molecular formula is C22H26ClFN2O2S. The van der Waals surface area contributed by atoms with Gasteiger partial charge in [-0.3, -0.25) is 9.59 Å². The lowest BCUT2D eigenvalue weighted by atomic mass is 10.1. The first-order valence-electron chi connectivity index (χ1n) is 9.43. The topological polar surface area (TPSA) is 49.4 Å². The zero-order valence-electron chi connectivity index (χ0n) is 16.8. The van der Waals surface area contributed by atoms with E-state index in [0.717, 1.165) is 5.56 Å². The normalized spacial score (nSPS) is 11.9. The third-order valence-corrected chi connectivity index (χ3v) is 5.54. The van der Waals surface area contributed by atoms with Gasteiger partial charge in [-0.1, -0.05) is 41.9 Å². The van der Waals surface area contributed by atoms with Gasteiger partial charge in [0.2, 0.25) is 11.8 Å². The molecule has 156 valence electrons. The van der Waals surface area contributed by atoms with Crippen LogP contribution in [-0.4, -0.2) is 34.6 Å². The Bertz CT molecular complexity index is 830. The second-order valence-corrected chi connectivity index (χ2v) is 8.49. The van der Waals surface area contributed by atoms with Gasteiger partial charge in [0, 0.05) is 28.9 Å². The van der Waals surface area contributed by atoms with E-state index in [9.17, 15) is 14.0 Å². The van der Waals surface area contributed by atoms with Crippen molar-refractivity contribution in [3.8, 4) is 0 Å². The first-order chi connectivity index (χ1) is 13.8. The molecule has 0 aliphatic carbocycles. The van der Waals surface area contributed by atoms with Crippen LogP contribution in [0.25, 0.3) is 0 Å². The van der Waals surface area contributed by atoms with Crippen LogP contribution in [0.4, 0.5) is 4.39 Å². The molecule has 2 aromatic rings. The molecule has 2 aromatic carbocycles. The molecule has 0 fully saturated rings. The summed E-state index contributed by atoms with van der Waals surface area (Å²) in [6, 6.07) is 13.0. The van der Waals surface area contributed by atoms with E-state index < -0.39 is 11.9 Å². The molecular weight excluding hydrogens is 411 g/mol. The number of amides is 2. The Kier molecular flexibility index (Phi) is 8.99. The van der Waals surface area contributed by atoms with E-state index in [0.29, 0.717) is 16.3 Å². The lowest BCUT2D eigenvalue weighted by molar-refractivity contribution is -0.138. The molecule has 0 saturated heterocycles. The highest BCUT2D eigenvalue weighted by atomic mass is 35.5. The van der Waals surface area contributed by atoms with Crippen molar-refractivity contribution in [2.24, 2.45) is 0 Å². The molecule has 0 aliphatic heterocycles. The number of carbonyl (C=O) groups is 2. The van der Waals surface area contributed by atoms with Crippen LogP contribution in [0.15, 0.2) is 48.5 Å². The molecule has 0 heterocycles. The van der Waals surface area contributed by atoms with Gasteiger partial charge in [-0.05, 0) is 44.5 Å². The molecule has 0 saturated carbocycles. The predicted octanol–water partition coefficient (Wildman–Crippen LogP) is 4.65. The van der Waals surface area contributed by atoms with Crippen LogP contribution in [0.1, 0.15) is 31.9 Å². The van der Waals surface area contributed by atoms with Crippen LogP contribution in [0, 0.1) is 5.82 Å². The fourth-order valence-corrected chi connectivity index (χ4v) is 3.71. The highest BCUT2D eigenvalue weighted by Gasteiger charge is 2.27. The first-order valence-corrected chi connectivity index (χ1v) is 11.0. The van der Waals surface area contributed by atoms with Crippen molar-refractivity contribution in [1.29, 1.82) is 0 Å². The molecule has 4 nitrogen and oxygen atoms in total. The fraction of sp³-hybridized carbons (Fsp3) is 0.364. The number of nitrogens with one attached hydrogen (secondary N) is 1. The van der Waals surface area contributed by atoms with E-state index in [2.05, 4.69) is 5.32 Å². The summed E-state index contributed by atoms with van der Waals surface area (Å²) >= 11 is 7.34. The lowest BCUT2D eigenvalue weighted by Crippen LogP contribution is -2.49. The van der Waals surface area contributed by atoms with Crippen molar-refractivity contribution >= 4 is 35.2 Å². The summed E-state index contributed by atoms with van der Waals surface area (Å²) in [4.78, 5) is 26.8. The van der Waals surface area contributed by atoms with Crippen molar-refractivity contribution in [3.63, 3.8) is 0 Å². The Hall–Kier alpha value is -2.05. The lowest BCUT2D eigenvalue weighted by Gasteiger charge is -2.29. The maximum atomic E-state index is 14.1. The second kappa shape index (κ2) is 11.2. The number of halogens is 2. The molecule has 7 heteroatoms. The monoisotopic (exact) mass is 436 g/mol. The summed E-state index contributed by atoms with van der Waals surface area (Å²) in [5, 5.41) is 3.48. The van der Waals surface area contributed by atoms with Crippen molar-refractivity contribution < 1.29 is 14.0 Å². The summed E-state index contributed by atoms with van der Waals surface area (Å²) < 4.78 is 14.1. The number of rotatable bonds is 9. The number of hydrogen-bond donors (Lipinski definition) is 1. The van der Waals surface area contributed by atoms with Gasteiger partial charge in [0.25, 0.3) is 0 Å². The maximum Gasteiger partial charge on any atom is 0.242 e. The van der Waals surface area contributed by atoms with Gasteiger partial charge in [-0.25, -0.2) is 4.39 Å². The molecule has 0 bridgehead atoms. The van der Waals surface area contributed by atoms with E-state index >= 15 is 0 Å². The molecule has 0 unspecified atom stereocenters. The highest BCUT2D eigenvalue weighted by molar-refractivity contribution is 7.99. The summed E-state index contributed by atoms with van der Waals surface area (Å²) in [6.07, 6.45) is 0. The Morgan fingerprint density at radius 3 is 2.38 bits per heavy atom. The van der Waals surface area contributed by atoms with Crippen LogP contribution >= 0.6 is 23.4 Å². The Labute approximate surface area is 180 Å². The standard InChI is InChI=1S/C22H26ClFN2O2S/c1-15(2)25-22(28)16(3)26(12-18-6-4-5-7-20(18)24)21(27)14-29-13-17-8-10-19(23)11-9-17/h4-11,15-16H,12-14H2,1-3H3,(H,25,28)/t16-/m0/s1. The Morgan fingerprint density at radius 1 is 1.10 bits per heavy atom. The second-order valence-electron chi connectivity index (χ2n) is 7.07. The molecule has 29 heavy (non-hydrogen) atoms. The van der Waals surface area contributed by atoms with Crippen LogP contribution in [-0.2, 0) is 21.9 Å². The van der Waals surface area contributed by atoms with Gasteiger partial charge in [0.1, 0.15) is 11.9 Å². The molecule has 1 N–H and O–H groups in total. The van der Waals surface area contributed by atoms with Crippen molar-refractivity contribution in [2.75, 3.05) is 5.75 Å². The smallest absolute Gasteiger partial charge is 0.242 e. The van der Waals surface area contributed by atoms with Gasteiger partial charge in [0.15, 0.2) is 0 Å². The number of carbonyl (C=O) groups excluding carboxylic acids is 2. The van der Waals surface area contributed by atoms with E-state index in [1.54, 1.807) is 25.1 Å². The molecule has 0 radical (unpaired) electrons. The van der Waals surface area contributed by atoms with E-state index in [4.69, 9.17) is 11.6 Å². The van der Waals surface area contributed by atoms with Crippen molar-refractivity contribution in [1.82, 2.24) is 10.2 Å². The zero-order valence-corrected chi connectivity index (χ0v) is 18.4. The maximum absolute atomic E-state index is 14.1. The minimum Gasteiger partial charge on any atom is -0.352 e. The number of nitrogens with zero attached hydrogens (tertiary/aromatic N) is 1. The third-order valence-electron chi connectivity index (χ3n) is 4.30. The Balaban J connectivity index is 2.07. The van der Waals surface area contributed by atoms with Crippen LogP contribution < -0.4 is 5.32 Å². The van der Waals surface area contributed by atoms with Crippen LogP contribution in [0.5, 0.6) is 0 Å². The number of benzene rings is 2. The summed E-state index contributed by atoms with van der Waals surface area (Å²) in [5.74, 6) is -0.0269. The number of hydrogen-bond acceptors (Lipinski definition) is 3. The van der Waals surface area contributed by atoms with E-state index in [1.165, 1.54) is 22.7 Å². The van der Waals surface area contributed by atoms with Crippen molar-refractivity contribution in [3.05, 3.63) is 70.5 Å². The largest absolute Gasteiger partial charge is 0.352 e. The molecule has 2 rings (SSSR count). The van der Waals surface area contributed by atoms with E-state index in [-0.39, 0.29) is 30.2 Å². The van der Waals surface area contributed by atoms with Crippen LogP contribution in [0.2, 0.25) is 5.02 Å². The summed E-state index contributed by atoms with van der Waals surface area (Å²) in [7, 11) is 0. The van der Waals surface area contributed by atoms with Gasteiger partial charge in [-0.2, -0.15) is 0 Å². The van der Waals surface area contributed by atoms with E-state index in [1.807, 2.05) is 38.1 Å². The predicted molar refractivity (Wildman–Crippen MR) is 117 cm³/mol. The summed E-state index contributed by atoms with van der Waals surface area (Å²) in [6.45, 7) is 5.42. The SMILES string of the molecule is CC(C)NC(=O)[C@H](C)N(Cc1ccccc1F)C(=O)CSCc1ccc(Cl)cc1. The highest BCUT2D eigenvalue weighted by Crippen LogP contribution is 2.18. The Morgan fingerprint density at radius 2 is 1.76 bits per heavy atom.